The summed E-state index contributed by atoms with van der Waals surface area (Å²) >= 11 is 0. The van der Waals surface area contributed by atoms with Crippen LogP contribution in [0.1, 0.15) is 66.5 Å². The van der Waals surface area contributed by atoms with Gasteiger partial charge >= 0.3 is 5.97 Å². The van der Waals surface area contributed by atoms with Crippen molar-refractivity contribution in [3.8, 4) is 0 Å². The van der Waals surface area contributed by atoms with Crippen LogP contribution in [0.25, 0.3) is 11.0 Å². The lowest BCUT2D eigenvalue weighted by atomic mass is 9.84. The van der Waals surface area contributed by atoms with Crippen LogP contribution in [0.2, 0.25) is 0 Å². The fourth-order valence-corrected chi connectivity index (χ4v) is 8.08. The number of hydrogen-bond donors (Lipinski definition) is 1. The Morgan fingerprint density at radius 1 is 1.14 bits per heavy atom. The number of sulfonamides is 1. The Hall–Kier alpha value is -3.87. The van der Waals surface area contributed by atoms with Gasteiger partial charge in [0.25, 0.3) is 0 Å². The number of anilines is 1. The highest BCUT2D eigenvalue weighted by Crippen LogP contribution is 2.39. The van der Waals surface area contributed by atoms with Gasteiger partial charge in [0.1, 0.15) is 16.2 Å². The molecule has 2 aliphatic heterocycles. The average molecular weight is 619 g/mol. The zero-order valence-electron chi connectivity index (χ0n) is 24.2. The first-order chi connectivity index (χ1) is 20.7. The number of hydrogen-bond acceptors (Lipinski definition) is 8. The summed E-state index contributed by atoms with van der Waals surface area (Å²) in [5.41, 5.74) is 6.11. The van der Waals surface area contributed by atoms with Crippen LogP contribution >= 0.6 is 0 Å². The molecule has 2 aromatic carbocycles. The Morgan fingerprint density at radius 3 is 2.73 bits per heavy atom. The maximum Gasteiger partial charge on any atom is 0.304 e. The van der Waals surface area contributed by atoms with Crippen LogP contribution in [0.3, 0.4) is 0 Å². The van der Waals surface area contributed by atoms with Crippen molar-refractivity contribution in [1.29, 1.82) is 0 Å². The first-order valence-electron chi connectivity index (χ1n) is 14.7. The number of aromatic nitrogens is 4. The molecule has 2 fully saturated rings. The summed E-state index contributed by atoms with van der Waals surface area (Å²) in [5.74, 6) is -0.889. The van der Waals surface area contributed by atoms with Crippen molar-refractivity contribution in [2.45, 2.75) is 70.0 Å². The lowest BCUT2D eigenvalue weighted by molar-refractivity contribution is -0.137. The molecule has 2 atom stereocenters. The molecular formula is C32H38N6O5S. The Labute approximate surface area is 257 Å². The molecule has 7 rings (SSSR count). The van der Waals surface area contributed by atoms with E-state index < -0.39 is 21.9 Å². The molecule has 1 aliphatic carbocycles. The van der Waals surface area contributed by atoms with Crippen molar-refractivity contribution >= 4 is 32.8 Å². The number of aliphatic carboxylic acids is 1. The highest BCUT2D eigenvalue weighted by molar-refractivity contribution is 7.89. The SMILES string of the molecule is C.Cc1ccc(C(CC(=O)O)c2ccc3c(nnn3C3CC3)c2C)cc1CN1C[C@@H]2COCCN2c2ncccc2S1(=O)=O. The number of pyridine rings is 1. The van der Waals surface area contributed by atoms with E-state index in [-0.39, 0.29) is 37.9 Å². The molecule has 0 spiro atoms. The first kappa shape index (κ1) is 30.2. The number of carboxylic acid groups (broad SMARTS) is 1. The van der Waals surface area contributed by atoms with E-state index in [1.165, 1.54) is 4.31 Å². The van der Waals surface area contributed by atoms with Crippen LogP contribution in [0.5, 0.6) is 0 Å². The second-order valence-corrected chi connectivity index (χ2v) is 13.7. The summed E-state index contributed by atoms with van der Waals surface area (Å²) in [6.07, 6.45) is 3.70. The van der Waals surface area contributed by atoms with Gasteiger partial charge in [0, 0.05) is 31.7 Å². The fraction of sp³-hybridized carbons (Fsp3) is 0.438. The Kier molecular flexibility index (Phi) is 7.93. The highest BCUT2D eigenvalue weighted by Gasteiger charge is 2.39. The minimum Gasteiger partial charge on any atom is -0.481 e. The maximum absolute atomic E-state index is 14.0. The zero-order valence-corrected chi connectivity index (χ0v) is 25.0. The van der Waals surface area contributed by atoms with E-state index in [9.17, 15) is 18.3 Å². The first-order valence-corrected chi connectivity index (χ1v) is 16.1. The van der Waals surface area contributed by atoms with Crippen molar-refractivity contribution in [1.82, 2.24) is 24.3 Å². The van der Waals surface area contributed by atoms with E-state index in [2.05, 4.69) is 15.3 Å². The number of fused-ring (bicyclic) bond motifs is 4. The third kappa shape index (κ3) is 5.24. The average Bonchev–Trinajstić information content (AvgIpc) is 3.76. The van der Waals surface area contributed by atoms with Gasteiger partial charge in [-0.1, -0.05) is 36.9 Å². The summed E-state index contributed by atoms with van der Waals surface area (Å²) < 4.78 is 37.3. The van der Waals surface area contributed by atoms with E-state index in [0.29, 0.717) is 31.6 Å². The highest BCUT2D eigenvalue weighted by atomic mass is 32.2. The number of carbonyl (C=O) groups is 1. The number of benzene rings is 2. The molecule has 0 radical (unpaired) electrons. The normalized spacial score (nSPS) is 20.3. The van der Waals surface area contributed by atoms with Gasteiger partial charge in [0.05, 0.1) is 37.2 Å². The van der Waals surface area contributed by atoms with Crippen LogP contribution in [-0.2, 0) is 26.1 Å². The van der Waals surface area contributed by atoms with Gasteiger partial charge in [-0.25, -0.2) is 18.1 Å². The summed E-state index contributed by atoms with van der Waals surface area (Å²) in [7, 11) is -3.87. The van der Waals surface area contributed by atoms with Crippen LogP contribution in [0.15, 0.2) is 53.6 Å². The second-order valence-electron chi connectivity index (χ2n) is 11.8. The topological polar surface area (TPSA) is 131 Å². The molecule has 2 aromatic heterocycles. The molecule has 4 aromatic rings. The predicted octanol–water partition coefficient (Wildman–Crippen LogP) is 4.43. The molecule has 12 heteroatoms. The molecule has 44 heavy (non-hydrogen) atoms. The van der Waals surface area contributed by atoms with Gasteiger partial charge in [-0.15, -0.1) is 5.10 Å². The minimum absolute atomic E-state index is 0. The number of ether oxygens (including phenoxy) is 1. The maximum atomic E-state index is 14.0. The van der Waals surface area contributed by atoms with E-state index in [1.54, 1.807) is 18.3 Å². The summed E-state index contributed by atoms with van der Waals surface area (Å²) in [6.45, 7) is 5.83. The van der Waals surface area contributed by atoms with E-state index >= 15 is 0 Å². The quantitative estimate of drug-likeness (QED) is 0.320. The summed E-state index contributed by atoms with van der Waals surface area (Å²) in [6, 6.07) is 13.3. The number of rotatable bonds is 7. The molecule has 1 saturated carbocycles. The molecule has 0 amide bonds. The summed E-state index contributed by atoms with van der Waals surface area (Å²) in [5, 5.41) is 18.8. The van der Waals surface area contributed by atoms with Crippen LogP contribution in [0, 0.1) is 13.8 Å². The number of morpholine rings is 1. The second kappa shape index (κ2) is 11.6. The molecule has 3 aliphatic rings. The van der Waals surface area contributed by atoms with Gasteiger partial charge in [-0.05, 0) is 72.7 Å². The lowest BCUT2D eigenvalue weighted by Gasteiger charge is -2.36. The van der Waals surface area contributed by atoms with E-state index in [1.807, 2.05) is 53.8 Å². The standard InChI is InChI=1S/C31H34N6O5S.CH4/c1-19-5-6-21(26(15-29(38)39)25-9-10-27-30(20(25)2)33-34-37(27)23-7-8-23)14-22(19)16-35-17-24-18-42-13-12-36(24)31-28(43(35,40)41)4-3-11-32-31;/h3-6,9-11,14,23-24,26H,7-8,12-13,15-18H2,1-2H3,(H,38,39);1H4/t24-,26?;/m1./s1. The molecular weight excluding hydrogens is 580 g/mol. The molecule has 4 heterocycles. The molecule has 11 nitrogen and oxygen atoms in total. The predicted molar refractivity (Wildman–Crippen MR) is 166 cm³/mol. The Balaban J connectivity index is 0.00000343. The van der Waals surface area contributed by atoms with Crippen molar-refractivity contribution in [2.75, 3.05) is 31.2 Å². The smallest absolute Gasteiger partial charge is 0.304 e. The Morgan fingerprint density at radius 2 is 1.95 bits per heavy atom. The fourth-order valence-electron chi connectivity index (χ4n) is 6.48. The largest absolute Gasteiger partial charge is 0.481 e. The van der Waals surface area contributed by atoms with Gasteiger partial charge in [0.15, 0.2) is 0 Å². The van der Waals surface area contributed by atoms with Gasteiger partial charge < -0.3 is 14.7 Å². The molecule has 1 N–H and O–H groups in total. The minimum atomic E-state index is -3.87. The van der Waals surface area contributed by atoms with Gasteiger partial charge in [-0.2, -0.15) is 4.31 Å². The zero-order chi connectivity index (χ0) is 29.9. The van der Waals surface area contributed by atoms with E-state index in [0.717, 1.165) is 51.7 Å². The van der Waals surface area contributed by atoms with E-state index in [4.69, 9.17) is 4.74 Å². The number of aryl methyl sites for hydroxylation is 2. The van der Waals surface area contributed by atoms with Crippen LogP contribution in [0.4, 0.5) is 5.82 Å². The number of nitrogens with zero attached hydrogens (tertiary/aromatic N) is 6. The molecule has 1 saturated heterocycles. The van der Waals surface area contributed by atoms with Crippen molar-refractivity contribution < 1.29 is 23.1 Å². The van der Waals surface area contributed by atoms with Crippen molar-refractivity contribution in [2.24, 2.45) is 0 Å². The number of carboxylic acids is 1. The third-order valence-corrected chi connectivity index (χ3v) is 10.8. The van der Waals surface area contributed by atoms with Gasteiger partial charge in [-0.3, -0.25) is 4.79 Å². The Bertz CT molecular complexity index is 1840. The van der Waals surface area contributed by atoms with Crippen molar-refractivity contribution in [3.05, 3.63) is 76.5 Å². The van der Waals surface area contributed by atoms with Crippen LogP contribution in [-0.4, -0.2) is 76.1 Å². The third-order valence-electron chi connectivity index (χ3n) is 8.99. The van der Waals surface area contributed by atoms with Crippen LogP contribution < -0.4 is 4.90 Å². The van der Waals surface area contributed by atoms with Gasteiger partial charge in [0.2, 0.25) is 10.0 Å². The van der Waals surface area contributed by atoms with Crippen molar-refractivity contribution in [3.63, 3.8) is 0 Å². The molecule has 0 bridgehead atoms. The monoisotopic (exact) mass is 618 g/mol. The molecule has 1 unspecified atom stereocenters. The summed E-state index contributed by atoms with van der Waals surface area (Å²) in [4.78, 5) is 18.8. The molecule has 232 valence electrons. The lowest BCUT2D eigenvalue weighted by Crippen LogP contribution is -2.50.